The summed E-state index contributed by atoms with van der Waals surface area (Å²) in [5.74, 6) is -3.83. The van der Waals surface area contributed by atoms with E-state index < -0.39 is 61.1 Å². The Morgan fingerprint density at radius 3 is 1.85 bits per heavy atom. The van der Waals surface area contributed by atoms with Crippen LogP contribution in [0.4, 0.5) is 0 Å². The molecule has 9 N–H and O–H groups in total. The van der Waals surface area contributed by atoms with Crippen molar-refractivity contribution in [3.8, 4) is 5.75 Å². The van der Waals surface area contributed by atoms with Gasteiger partial charge in [-0.3, -0.25) is 14.4 Å². The van der Waals surface area contributed by atoms with Crippen LogP contribution in [-0.2, 0) is 25.6 Å². The number of aliphatic hydroxyl groups excluding tert-OH is 2. The summed E-state index contributed by atoms with van der Waals surface area (Å²) in [5.41, 5.74) is 5.94. The van der Waals surface area contributed by atoms with Gasteiger partial charge in [0.1, 0.15) is 29.9 Å². The van der Waals surface area contributed by atoms with E-state index in [0.29, 0.717) is 5.56 Å². The molecule has 0 spiro atoms. The molecule has 0 saturated carbocycles. The van der Waals surface area contributed by atoms with Gasteiger partial charge in [0, 0.05) is 6.42 Å². The number of nitrogens with two attached hydrogens (primary N) is 1. The second kappa shape index (κ2) is 13.4. The molecule has 0 aromatic heterocycles. The summed E-state index contributed by atoms with van der Waals surface area (Å²) in [6.45, 7) is 2.10. The van der Waals surface area contributed by atoms with Crippen LogP contribution in [0.1, 0.15) is 25.8 Å². The first-order valence-corrected chi connectivity index (χ1v) is 10.4. The number of hydrogen-bond donors (Lipinski definition) is 8. The Morgan fingerprint density at radius 1 is 0.848 bits per heavy atom. The molecular weight excluding hydrogens is 436 g/mol. The van der Waals surface area contributed by atoms with Crippen molar-refractivity contribution >= 4 is 23.7 Å². The van der Waals surface area contributed by atoms with Gasteiger partial charge in [-0.25, -0.2) is 4.79 Å². The third kappa shape index (κ3) is 9.43. The Labute approximate surface area is 191 Å². The molecule has 3 amide bonds. The molecule has 0 saturated heterocycles. The molecule has 0 heterocycles. The maximum atomic E-state index is 12.9. The van der Waals surface area contributed by atoms with E-state index in [1.54, 1.807) is 13.8 Å². The second-order valence-corrected chi connectivity index (χ2v) is 7.99. The molecule has 0 radical (unpaired) electrons. The zero-order valence-electron chi connectivity index (χ0n) is 18.5. The molecule has 0 bridgehead atoms. The topological polar surface area (TPSA) is 211 Å². The number of benzene rings is 1. The Morgan fingerprint density at radius 2 is 1.36 bits per heavy atom. The highest BCUT2D eigenvalue weighted by atomic mass is 16.4. The van der Waals surface area contributed by atoms with E-state index in [-0.39, 0.29) is 24.5 Å². The lowest BCUT2D eigenvalue weighted by atomic mass is 10.0. The molecule has 1 aromatic rings. The second-order valence-electron chi connectivity index (χ2n) is 7.99. The SMILES string of the molecule is CC(C)CC(NC(=O)C(Cc1ccc(O)cc1)NC(=O)C(CO)NC(=O)C(N)CO)C(=O)O. The fourth-order valence-electron chi connectivity index (χ4n) is 2.87. The molecule has 4 atom stereocenters. The summed E-state index contributed by atoms with van der Waals surface area (Å²) in [4.78, 5) is 48.9. The third-order valence-electron chi connectivity index (χ3n) is 4.68. The van der Waals surface area contributed by atoms with Crippen molar-refractivity contribution in [1.29, 1.82) is 0 Å². The Balaban J connectivity index is 3.06. The minimum Gasteiger partial charge on any atom is -0.508 e. The predicted octanol–water partition coefficient (Wildman–Crippen LogP) is -2.17. The number of carbonyl (C=O) groups is 4. The highest BCUT2D eigenvalue weighted by Crippen LogP contribution is 2.12. The van der Waals surface area contributed by atoms with Gasteiger partial charge in [0.15, 0.2) is 0 Å². The van der Waals surface area contributed by atoms with Crippen LogP contribution in [0, 0.1) is 5.92 Å². The highest BCUT2D eigenvalue weighted by Gasteiger charge is 2.30. The fourth-order valence-corrected chi connectivity index (χ4v) is 2.87. The number of aliphatic hydroxyl groups is 2. The normalized spacial score (nSPS) is 14.6. The van der Waals surface area contributed by atoms with Crippen molar-refractivity contribution in [2.75, 3.05) is 13.2 Å². The summed E-state index contributed by atoms with van der Waals surface area (Å²) in [6, 6.07) is 0.606. The van der Waals surface area contributed by atoms with E-state index in [2.05, 4.69) is 16.0 Å². The first-order valence-electron chi connectivity index (χ1n) is 10.4. The molecule has 0 aliphatic rings. The number of hydrogen-bond acceptors (Lipinski definition) is 8. The summed E-state index contributed by atoms with van der Waals surface area (Å²) < 4.78 is 0. The number of aliphatic carboxylic acids is 1. The molecule has 1 aromatic carbocycles. The molecular formula is C21H32N4O8. The number of nitrogens with one attached hydrogen (secondary N) is 3. The van der Waals surface area contributed by atoms with E-state index in [9.17, 15) is 34.5 Å². The molecule has 1 rings (SSSR count). The summed E-state index contributed by atoms with van der Waals surface area (Å²) in [7, 11) is 0. The predicted molar refractivity (Wildman–Crippen MR) is 117 cm³/mol. The number of carboxylic acid groups (broad SMARTS) is 1. The van der Waals surface area contributed by atoms with Gasteiger partial charge in [-0.1, -0.05) is 26.0 Å². The third-order valence-corrected chi connectivity index (χ3v) is 4.68. The van der Waals surface area contributed by atoms with Crippen LogP contribution < -0.4 is 21.7 Å². The number of carboxylic acids is 1. The van der Waals surface area contributed by atoms with Crippen LogP contribution in [0.5, 0.6) is 5.75 Å². The van der Waals surface area contributed by atoms with Gasteiger partial charge < -0.3 is 42.1 Å². The Kier molecular flexibility index (Phi) is 11.3. The largest absolute Gasteiger partial charge is 0.508 e. The van der Waals surface area contributed by atoms with Crippen molar-refractivity contribution in [3.05, 3.63) is 29.8 Å². The van der Waals surface area contributed by atoms with Crippen molar-refractivity contribution in [2.24, 2.45) is 11.7 Å². The first kappa shape index (κ1) is 27.8. The van der Waals surface area contributed by atoms with Crippen LogP contribution in [0.15, 0.2) is 24.3 Å². The number of amides is 3. The lowest BCUT2D eigenvalue weighted by Gasteiger charge is -2.25. The van der Waals surface area contributed by atoms with Crippen LogP contribution in [0.3, 0.4) is 0 Å². The Bertz CT molecular complexity index is 815. The lowest BCUT2D eigenvalue weighted by Crippen LogP contribution is -2.58. The summed E-state index contributed by atoms with van der Waals surface area (Å²) in [6.07, 6.45) is 0.101. The van der Waals surface area contributed by atoms with Gasteiger partial charge in [0.25, 0.3) is 0 Å². The van der Waals surface area contributed by atoms with E-state index in [1.807, 2.05) is 0 Å². The molecule has 33 heavy (non-hydrogen) atoms. The van der Waals surface area contributed by atoms with E-state index >= 15 is 0 Å². The van der Waals surface area contributed by atoms with Crippen LogP contribution in [-0.4, -0.2) is 81.5 Å². The van der Waals surface area contributed by atoms with Gasteiger partial charge in [0.2, 0.25) is 17.7 Å². The first-order chi connectivity index (χ1) is 15.5. The van der Waals surface area contributed by atoms with Crippen molar-refractivity contribution < 1.29 is 39.6 Å². The van der Waals surface area contributed by atoms with Crippen molar-refractivity contribution in [2.45, 2.75) is 50.9 Å². The fraction of sp³-hybridized carbons (Fsp3) is 0.524. The maximum Gasteiger partial charge on any atom is 0.326 e. The van der Waals surface area contributed by atoms with Crippen molar-refractivity contribution in [3.63, 3.8) is 0 Å². The molecule has 0 fully saturated rings. The molecule has 0 aliphatic heterocycles. The molecule has 4 unspecified atom stereocenters. The van der Waals surface area contributed by atoms with Crippen LogP contribution in [0.25, 0.3) is 0 Å². The van der Waals surface area contributed by atoms with Gasteiger partial charge in [-0.05, 0) is 30.0 Å². The number of phenols is 1. The molecule has 0 aliphatic carbocycles. The zero-order valence-corrected chi connectivity index (χ0v) is 18.5. The maximum absolute atomic E-state index is 12.9. The van der Waals surface area contributed by atoms with Crippen LogP contribution >= 0.6 is 0 Å². The van der Waals surface area contributed by atoms with Gasteiger partial charge in [-0.15, -0.1) is 0 Å². The smallest absolute Gasteiger partial charge is 0.326 e. The number of phenolic OH excluding ortho intramolecular Hbond substituents is 1. The molecule has 184 valence electrons. The quantitative estimate of drug-likeness (QED) is 0.158. The monoisotopic (exact) mass is 468 g/mol. The summed E-state index contributed by atoms with van der Waals surface area (Å²) >= 11 is 0. The minimum absolute atomic E-state index is 0.00468. The minimum atomic E-state index is -1.46. The average Bonchev–Trinajstić information content (AvgIpc) is 2.76. The highest BCUT2D eigenvalue weighted by molar-refractivity contribution is 5.94. The number of aromatic hydroxyl groups is 1. The van der Waals surface area contributed by atoms with E-state index in [4.69, 9.17) is 10.8 Å². The van der Waals surface area contributed by atoms with E-state index in [0.717, 1.165) is 0 Å². The standard InChI is InChI=1S/C21H32N4O8/c1-11(2)7-16(21(32)33)24-19(30)15(8-12-3-5-13(28)6-4-12)23-20(31)17(10-27)25-18(29)14(22)9-26/h3-6,11,14-17,26-28H,7-10,22H2,1-2H3,(H,23,31)(H,24,30)(H,25,29)(H,32,33). The zero-order chi connectivity index (χ0) is 25.1. The van der Waals surface area contributed by atoms with Crippen molar-refractivity contribution in [1.82, 2.24) is 16.0 Å². The van der Waals surface area contributed by atoms with Gasteiger partial charge in [-0.2, -0.15) is 0 Å². The van der Waals surface area contributed by atoms with Gasteiger partial charge in [0.05, 0.1) is 13.2 Å². The van der Waals surface area contributed by atoms with Gasteiger partial charge >= 0.3 is 5.97 Å². The number of carbonyl (C=O) groups excluding carboxylic acids is 3. The van der Waals surface area contributed by atoms with Crippen LogP contribution in [0.2, 0.25) is 0 Å². The average molecular weight is 469 g/mol. The molecule has 12 heteroatoms. The lowest BCUT2D eigenvalue weighted by molar-refractivity contribution is -0.142. The number of rotatable bonds is 13. The van der Waals surface area contributed by atoms with E-state index in [1.165, 1.54) is 24.3 Å². The molecule has 12 nitrogen and oxygen atoms in total. The summed E-state index contributed by atoms with van der Waals surface area (Å²) in [5, 5.41) is 44.3. The Hall–Kier alpha value is -3.22.